The second-order valence-electron chi connectivity index (χ2n) is 5.62. The van der Waals surface area contributed by atoms with Crippen LogP contribution in [0.1, 0.15) is 31.4 Å². The van der Waals surface area contributed by atoms with Crippen LogP contribution in [0.2, 0.25) is 0 Å². The average Bonchev–Trinajstić information content (AvgIpc) is 2.53. The number of carbonyl (C=O) groups is 2. The smallest absolute Gasteiger partial charge is 0.250 e. The maximum absolute atomic E-state index is 12.9. The number of nitrogens with zero attached hydrogens (tertiary/aromatic N) is 1. The molecule has 0 spiro atoms. The highest BCUT2D eigenvalue weighted by Gasteiger charge is 2.42. The van der Waals surface area contributed by atoms with Crippen LogP contribution in [-0.2, 0) is 14.3 Å². The van der Waals surface area contributed by atoms with Crippen molar-refractivity contribution >= 4 is 11.8 Å². The lowest BCUT2D eigenvalue weighted by atomic mass is 9.96. The molecule has 1 N–H and O–H groups in total. The summed E-state index contributed by atoms with van der Waals surface area (Å²) < 4.78 is 5.36. The number of ether oxygens (including phenoxy) is 1. The van der Waals surface area contributed by atoms with Crippen molar-refractivity contribution in [3.8, 4) is 0 Å². The van der Waals surface area contributed by atoms with Gasteiger partial charge in [0.1, 0.15) is 12.1 Å². The first-order valence-electron chi connectivity index (χ1n) is 7.43. The fourth-order valence-corrected chi connectivity index (χ4v) is 3.12. The molecule has 1 aromatic rings. The second kappa shape index (κ2) is 5.85. The maximum Gasteiger partial charge on any atom is 0.250 e. The zero-order valence-corrected chi connectivity index (χ0v) is 12.1. The molecule has 5 heteroatoms. The molecule has 3 rings (SSSR count). The van der Waals surface area contributed by atoms with E-state index in [2.05, 4.69) is 5.32 Å². The largest absolute Gasteiger partial charge is 0.381 e. The molecule has 21 heavy (non-hydrogen) atoms. The number of amides is 2. The van der Waals surface area contributed by atoms with E-state index in [1.165, 1.54) is 0 Å². The Morgan fingerprint density at radius 2 is 1.81 bits per heavy atom. The Morgan fingerprint density at radius 1 is 1.14 bits per heavy atom. The first-order chi connectivity index (χ1) is 10.2. The van der Waals surface area contributed by atoms with E-state index in [9.17, 15) is 9.59 Å². The first kappa shape index (κ1) is 14.1. The molecule has 2 aliphatic heterocycles. The van der Waals surface area contributed by atoms with Crippen molar-refractivity contribution in [1.29, 1.82) is 0 Å². The van der Waals surface area contributed by atoms with Crippen LogP contribution in [0.3, 0.4) is 0 Å². The van der Waals surface area contributed by atoms with E-state index >= 15 is 0 Å². The highest BCUT2D eigenvalue weighted by atomic mass is 16.5. The molecule has 0 saturated carbocycles. The molecule has 112 valence electrons. The Labute approximate surface area is 124 Å². The number of benzene rings is 1. The van der Waals surface area contributed by atoms with Gasteiger partial charge in [-0.3, -0.25) is 9.59 Å². The van der Waals surface area contributed by atoms with E-state index < -0.39 is 12.1 Å². The molecule has 2 amide bonds. The third kappa shape index (κ3) is 2.65. The van der Waals surface area contributed by atoms with E-state index in [1.807, 2.05) is 30.3 Å². The Kier molecular flexibility index (Phi) is 3.92. The van der Waals surface area contributed by atoms with Gasteiger partial charge in [-0.25, -0.2) is 0 Å². The number of hydrogen-bond acceptors (Lipinski definition) is 3. The van der Waals surface area contributed by atoms with E-state index in [1.54, 1.807) is 11.8 Å². The van der Waals surface area contributed by atoms with Crippen molar-refractivity contribution in [3.63, 3.8) is 0 Å². The van der Waals surface area contributed by atoms with Gasteiger partial charge in [0.2, 0.25) is 5.91 Å². The van der Waals surface area contributed by atoms with Crippen LogP contribution in [0.5, 0.6) is 0 Å². The lowest BCUT2D eigenvalue weighted by molar-refractivity contribution is -0.153. The van der Waals surface area contributed by atoms with E-state index in [4.69, 9.17) is 4.74 Å². The van der Waals surface area contributed by atoms with Gasteiger partial charge in [0.05, 0.1) is 0 Å². The van der Waals surface area contributed by atoms with Gasteiger partial charge in [-0.15, -0.1) is 0 Å². The van der Waals surface area contributed by atoms with Gasteiger partial charge >= 0.3 is 0 Å². The fourth-order valence-electron chi connectivity index (χ4n) is 3.12. The number of hydrogen-bond donors (Lipinski definition) is 1. The summed E-state index contributed by atoms with van der Waals surface area (Å²) in [5.74, 6) is -0.102. The molecule has 2 fully saturated rings. The molecule has 2 atom stereocenters. The highest BCUT2D eigenvalue weighted by Crippen LogP contribution is 2.27. The average molecular weight is 288 g/mol. The molecule has 1 aromatic carbocycles. The zero-order chi connectivity index (χ0) is 14.8. The van der Waals surface area contributed by atoms with Gasteiger partial charge in [0, 0.05) is 19.3 Å². The summed E-state index contributed by atoms with van der Waals surface area (Å²) in [6.45, 7) is 3.10. The summed E-state index contributed by atoms with van der Waals surface area (Å²) in [5.41, 5.74) is 0.833. The van der Waals surface area contributed by atoms with Gasteiger partial charge in [-0.1, -0.05) is 30.3 Å². The van der Waals surface area contributed by atoms with Crippen molar-refractivity contribution in [3.05, 3.63) is 35.9 Å². The van der Waals surface area contributed by atoms with E-state index in [-0.39, 0.29) is 17.9 Å². The van der Waals surface area contributed by atoms with Crippen molar-refractivity contribution in [2.75, 3.05) is 13.2 Å². The second-order valence-corrected chi connectivity index (χ2v) is 5.62. The predicted octanol–water partition coefficient (Wildman–Crippen LogP) is 1.25. The zero-order valence-electron chi connectivity index (χ0n) is 12.1. The van der Waals surface area contributed by atoms with Gasteiger partial charge in [-0.2, -0.15) is 0 Å². The predicted molar refractivity (Wildman–Crippen MR) is 77.5 cm³/mol. The number of nitrogens with one attached hydrogen (secondary N) is 1. The summed E-state index contributed by atoms with van der Waals surface area (Å²) in [6.07, 6.45) is 1.59. The van der Waals surface area contributed by atoms with Crippen LogP contribution < -0.4 is 5.32 Å². The van der Waals surface area contributed by atoms with Crippen LogP contribution in [0.25, 0.3) is 0 Å². The van der Waals surface area contributed by atoms with Crippen molar-refractivity contribution < 1.29 is 14.3 Å². The van der Waals surface area contributed by atoms with Crippen molar-refractivity contribution in [2.45, 2.75) is 37.9 Å². The topological polar surface area (TPSA) is 58.6 Å². The molecule has 5 nitrogen and oxygen atoms in total. The molecule has 0 aromatic heterocycles. The minimum absolute atomic E-state index is 0.0137. The van der Waals surface area contributed by atoms with Crippen LogP contribution in [0, 0.1) is 0 Å². The Hall–Kier alpha value is -1.88. The maximum atomic E-state index is 12.9. The van der Waals surface area contributed by atoms with Gasteiger partial charge in [0.15, 0.2) is 0 Å². The monoisotopic (exact) mass is 288 g/mol. The molecule has 0 bridgehead atoms. The highest BCUT2D eigenvalue weighted by molar-refractivity contribution is 5.97. The Bertz CT molecular complexity index is 526. The molecular formula is C16H20N2O3. The third-order valence-electron chi connectivity index (χ3n) is 4.30. The fraction of sp³-hybridized carbons (Fsp3) is 0.500. The molecule has 2 saturated heterocycles. The van der Waals surface area contributed by atoms with Crippen LogP contribution >= 0.6 is 0 Å². The minimum Gasteiger partial charge on any atom is -0.381 e. The van der Waals surface area contributed by atoms with Crippen LogP contribution in [0.4, 0.5) is 0 Å². The lowest BCUT2D eigenvalue weighted by Crippen LogP contribution is -2.62. The number of piperazine rings is 1. The normalized spacial score (nSPS) is 27.6. The van der Waals surface area contributed by atoms with Crippen molar-refractivity contribution in [2.24, 2.45) is 0 Å². The standard InChI is InChI=1S/C16H20N2O3/c1-11-15(19)17-14(12-5-3-2-4-6-12)16(20)18(11)13-7-9-21-10-8-13/h2-6,11,13-14H,7-10H2,1H3,(H,17,19). The van der Waals surface area contributed by atoms with Crippen molar-refractivity contribution in [1.82, 2.24) is 10.2 Å². The molecule has 2 aliphatic rings. The van der Waals surface area contributed by atoms with Crippen LogP contribution in [-0.4, -0.2) is 42.0 Å². The Morgan fingerprint density at radius 3 is 2.48 bits per heavy atom. The molecule has 2 unspecified atom stereocenters. The summed E-state index contributed by atoms with van der Waals surface area (Å²) in [5, 5.41) is 2.84. The molecule has 0 radical (unpaired) electrons. The summed E-state index contributed by atoms with van der Waals surface area (Å²) in [4.78, 5) is 26.9. The van der Waals surface area contributed by atoms with Gasteiger partial charge in [0.25, 0.3) is 5.91 Å². The summed E-state index contributed by atoms with van der Waals surface area (Å²) in [6, 6.07) is 8.52. The number of carbonyl (C=O) groups excluding carboxylic acids is 2. The number of rotatable bonds is 2. The molecule has 0 aliphatic carbocycles. The minimum atomic E-state index is -0.572. The molecule has 2 heterocycles. The van der Waals surface area contributed by atoms with Gasteiger partial charge < -0.3 is 15.0 Å². The summed E-state index contributed by atoms with van der Waals surface area (Å²) >= 11 is 0. The lowest BCUT2D eigenvalue weighted by Gasteiger charge is -2.43. The quantitative estimate of drug-likeness (QED) is 0.891. The third-order valence-corrected chi connectivity index (χ3v) is 4.30. The summed E-state index contributed by atoms with van der Waals surface area (Å²) in [7, 11) is 0. The molecular weight excluding hydrogens is 268 g/mol. The van der Waals surface area contributed by atoms with E-state index in [0.29, 0.717) is 13.2 Å². The Balaban J connectivity index is 1.87. The van der Waals surface area contributed by atoms with Gasteiger partial charge in [-0.05, 0) is 25.3 Å². The first-order valence-corrected chi connectivity index (χ1v) is 7.43. The van der Waals surface area contributed by atoms with E-state index in [0.717, 1.165) is 18.4 Å². The van der Waals surface area contributed by atoms with Crippen LogP contribution in [0.15, 0.2) is 30.3 Å². The SMILES string of the molecule is CC1C(=O)NC(c2ccccc2)C(=O)N1C1CCOCC1.